The van der Waals surface area contributed by atoms with Gasteiger partial charge >= 0.3 is 12.4 Å². The molecule has 1 aliphatic rings. The molecule has 2 heterocycles. The van der Waals surface area contributed by atoms with E-state index in [1.807, 2.05) is 0 Å². The Morgan fingerprint density at radius 1 is 1.19 bits per heavy atom. The van der Waals surface area contributed by atoms with Crippen molar-refractivity contribution in [1.82, 2.24) is 14.5 Å². The molecule has 0 saturated heterocycles. The van der Waals surface area contributed by atoms with Gasteiger partial charge < -0.3 is 0 Å². The second-order valence-electron chi connectivity index (χ2n) is 6.25. The molecule has 5 nitrogen and oxygen atoms in total. The number of hydrogen-bond donors (Lipinski definition) is 1. The molecule has 1 saturated carbocycles. The number of carbonyl (C=O) groups is 1. The minimum atomic E-state index is -5.58. The molecule has 1 fully saturated rings. The van der Waals surface area contributed by atoms with Crippen molar-refractivity contribution in [2.75, 3.05) is 5.32 Å². The number of rotatable bonds is 4. The molecule has 1 N–H and O–H groups in total. The summed E-state index contributed by atoms with van der Waals surface area (Å²) in [4.78, 5) is 20.1. The number of nitrogens with one attached hydrogen (secondary N) is 1. The SMILES string of the molecule is O=C(CC(C(F)(F)F)C(F)(F)F)Nc1nc2ccc(Cl)nc2n1C1CCC1. The molecular formula is C15H13ClF6N4O. The Hall–Kier alpha value is -2.04. The van der Waals surface area contributed by atoms with E-state index in [0.29, 0.717) is 11.2 Å². The average molecular weight is 415 g/mol. The summed E-state index contributed by atoms with van der Waals surface area (Å²) < 4.78 is 77.4. The van der Waals surface area contributed by atoms with E-state index in [0.717, 1.165) is 19.3 Å². The van der Waals surface area contributed by atoms with Crippen LogP contribution in [0.2, 0.25) is 5.15 Å². The standard InChI is InChI=1S/C15H13ClF6N4O/c16-10-5-4-8-12(24-10)26(7-2-1-3-7)13(23-8)25-11(27)6-9(14(17,18)19)15(20,21)22/h4-5,7,9H,1-3,6H2,(H,23,25,27). The quantitative estimate of drug-likeness (QED) is 0.573. The van der Waals surface area contributed by atoms with Crippen LogP contribution in [-0.2, 0) is 4.79 Å². The van der Waals surface area contributed by atoms with Crippen LogP contribution in [0.3, 0.4) is 0 Å². The highest BCUT2D eigenvalue weighted by atomic mass is 35.5. The molecule has 12 heteroatoms. The number of imidazole rings is 1. The summed E-state index contributed by atoms with van der Waals surface area (Å²) in [5.41, 5.74) is 0.635. The number of amides is 1. The molecule has 0 unspecified atom stereocenters. The van der Waals surface area contributed by atoms with Crippen LogP contribution < -0.4 is 5.32 Å². The summed E-state index contributed by atoms with van der Waals surface area (Å²) in [5, 5.41) is 2.22. The third-order valence-electron chi connectivity index (χ3n) is 4.37. The summed E-state index contributed by atoms with van der Waals surface area (Å²) in [6.07, 6.45) is -10.6. The fraction of sp³-hybridized carbons (Fsp3) is 0.533. The lowest BCUT2D eigenvalue weighted by molar-refractivity contribution is -0.283. The molecule has 0 bridgehead atoms. The van der Waals surface area contributed by atoms with E-state index in [-0.39, 0.29) is 17.1 Å². The second kappa shape index (κ2) is 6.84. The van der Waals surface area contributed by atoms with E-state index >= 15 is 0 Å². The minimum Gasteiger partial charge on any atom is -0.296 e. The van der Waals surface area contributed by atoms with Crippen molar-refractivity contribution in [3.63, 3.8) is 0 Å². The molecule has 1 amide bonds. The van der Waals surface area contributed by atoms with Gasteiger partial charge in [-0.1, -0.05) is 11.6 Å². The van der Waals surface area contributed by atoms with Gasteiger partial charge in [-0.05, 0) is 31.4 Å². The Bertz CT molecular complexity index is 844. The highest BCUT2D eigenvalue weighted by Crippen LogP contribution is 2.42. The van der Waals surface area contributed by atoms with Crippen molar-refractivity contribution < 1.29 is 31.1 Å². The number of nitrogens with zero attached hydrogens (tertiary/aromatic N) is 3. The van der Waals surface area contributed by atoms with E-state index in [2.05, 4.69) is 15.3 Å². The van der Waals surface area contributed by atoms with Crippen LogP contribution in [0, 0.1) is 5.92 Å². The van der Waals surface area contributed by atoms with Gasteiger partial charge in [-0.3, -0.25) is 14.7 Å². The number of halogens is 7. The molecule has 0 spiro atoms. The lowest BCUT2D eigenvalue weighted by Crippen LogP contribution is -2.39. The highest BCUT2D eigenvalue weighted by Gasteiger charge is 2.57. The number of hydrogen-bond acceptors (Lipinski definition) is 3. The Balaban J connectivity index is 1.88. The zero-order chi connectivity index (χ0) is 20.0. The molecule has 1 aliphatic carbocycles. The van der Waals surface area contributed by atoms with Crippen molar-refractivity contribution in [1.29, 1.82) is 0 Å². The molecule has 2 aromatic rings. The van der Waals surface area contributed by atoms with Crippen LogP contribution in [0.1, 0.15) is 31.7 Å². The largest absolute Gasteiger partial charge is 0.400 e. The van der Waals surface area contributed by atoms with Gasteiger partial charge in [0, 0.05) is 12.5 Å². The first-order chi connectivity index (χ1) is 12.5. The number of anilines is 1. The number of alkyl halides is 6. The maximum absolute atomic E-state index is 12.7. The molecule has 27 heavy (non-hydrogen) atoms. The van der Waals surface area contributed by atoms with Gasteiger partial charge in [-0.2, -0.15) is 26.3 Å². The van der Waals surface area contributed by atoms with Crippen molar-refractivity contribution in [2.45, 2.75) is 44.1 Å². The molecule has 148 valence electrons. The molecule has 0 radical (unpaired) electrons. The van der Waals surface area contributed by atoms with Gasteiger partial charge in [-0.25, -0.2) is 9.97 Å². The minimum absolute atomic E-state index is 0.114. The highest BCUT2D eigenvalue weighted by molar-refractivity contribution is 6.29. The lowest BCUT2D eigenvalue weighted by atomic mass is 9.93. The maximum Gasteiger partial charge on any atom is 0.400 e. The molecule has 0 atom stereocenters. The first kappa shape index (κ1) is 19.7. The van der Waals surface area contributed by atoms with E-state index < -0.39 is 30.6 Å². The normalized spacial score (nSPS) is 16.0. The van der Waals surface area contributed by atoms with Crippen molar-refractivity contribution in [3.05, 3.63) is 17.3 Å². The Labute approximate surface area is 153 Å². The zero-order valence-corrected chi connectivity index (χ0v) is 14.3. The molecule has 0 aliphatic heterocycles. The predicted octanol–water partition coefficient (Wildman–Crippen LogP) is 4.88. The third-order valence-corrected chi connectivity index (χ3v) is 4.58. The van der Waals surface area contributed by atoms with Gasteiger partial charge in [0.25, 0.3) is 0 Å². The van der Waals surface area contributed by atoms with Gasteiger partial charge in [0.15, 0.2) is 11.6 Å². The fourth-order valence-electron chi connectivity index (χ4n) is 2.81. The number of carbonyl (C=O) groups excluding carboxylic acids is 1. The van der Waals surface area contributed by atoms with Crippen LogP contribution in [0.15, 0.2) is 12.1 Å². The second-order valence-corrected chi connectivity index (χ2v) is 6.64. The number of fused-ring (bicyclic) bond motifs is 1. The first-order valence-corrected chi connectivity index (χ1v) is 8.32. The van der Waals surface area contributed by atoms with E-state index in [1.165, 1.54) is 16.7 Å². The average Bonchev–Trinajstić information content (AvgIpc) is 2.79. The van der Waals surface area contributed by atoms with Crippen molar-refractivity contribution in [3.8, 4) is 0 Å². The molecule has 3 rings (SSSR count). The fourth-order valence-corrected chi connectivity index (χ4v) is 2.95. The summed E-state index contributed by atoms with van der Waals surface area (Å²) in [6.45, 7) is 0. The monoisotopic (exact) mass is 414 g/mol. The van der Waals surface area contributed by atoms with Crippen molar-refractivity contribution in [2.24, 2.45) is 5.92 Å². The van der Waals surface area contributed by atoms with Crippen LogP contribution in [-0.4, -0.2) is 32.8 Å². The predicted molar refractivity (Wildman–Crippen MR) is 84.3 cm³/mol. The van der Waals surface area contributed by atoms with E-state index in [9.17, 15) is 31.1 Å². The zero-order valence-electron chi connectivity index (χ0n) is 13.5. The Morgan fingerprint density at radius 3 is 2.33 bits per heavy atom. The summed E-state index contributed by atoms with van der Waals surface area (Å²) >= 11 is 5.85. The van der Waals surface area contributed by atoms with Crippen LogP contribution >= 0.6 is 11.6 Å². The first-order valence-electron chi connectivity index (χ1n) is 7.94. The molecule has 0 aromatic carbocycles. The van der Waals surface area contributed by atoms with Crippen molar-refractivity contribution >= 4 is 34.6 Å². The summed E-state index contributed by atoms with van der Waals surface area (Å²) in [6, 6.07) is 2.83. The summed E-state index contributed by atoms with van der Waals surface area (Å²) in [7, 11) is 0. The topological polar surface area (TPSA) is 59.8 Å². The smallest absolute Gasteiger partial charge is 0.296 e. The van der Waals surface area contributed by atoms with E-state index in [1.54, 1.807) is 0 Å². The van der Waals surface area contributed by atoms with Crippen LogP contribution in [0.5, 0.6) is 0 Å². The summed E-state index contributed by atoms with van der Waals surface area (Å²) in [5.74, 6) is -5.33. The third kappa shape index (κ3) is 4.12. The lowest BCUT2D eigenvalue weighted by Gasteiger charge is -2.28. The number of pyridine rings is 1. The van der Waals surface area contributed by atoms with Gasteiger partial charge in [0.1, 0.15) is 10.7 Å². The Morgan fingerprint density at radius 2 is 1.81 bits per heavy atom. The van der Waals surface area contributed by atoms with Gasteiger partial charge in [0.05, 0.1) is 0 Å². The Kier molecular flexibility index (Phi) is 5.00. The van der Waals surface area contributed by atoms with Gasteiger partial charge in [-0.15, -0.1) is 0 Å². The van der Waals surface area contributed by atoms with E-state index in [4.69, 9.17) is 11.6 Å². The molecule has 2 aromatic heterocycles. The maximum atomic E-state index is 12.7. The van der Waals surface area contributed by atoms with Crippen LogP contribution in [0.25, 0.3) is 11.2 Å². The molecular weight excluding hydrogens is 402 g/mol. The van der Waals surface area contributed by atoms with Crippen LogP contribution in [0.4, 0.5) is 32.3 Å². The number of aromatic nitrogens is 3. The van der Waals surface area contributed by atoms with Gasteiger partial charge in [0.2, 0.25) is 11.9 Å².